The topological polar surface area (TPSA) is 70.7 Å². The summed E-state index contributed by atoms with van der Waals surface area (Å²) in [6.07, 6.45) is 0. The van der Waals surface area contributed by atoms with Crippen molar-refractivity contribution in [2.24, 2.45) is 0 Å². The summed E-state index contributed by atoms with van der Waals surface area (Å²) >= 11 is 0. The molecule has 1 aromatic heterocycles. The van der Waals surface area contributed by atoms with Crippen molar-refractivity contribution in [3.8, 4) is 0 Å². The molecule has 0 saturated carbocycles. The Bertz CT molecular complexity index is 564. The number of halogens is 1. The predicted molar refractivity (Wildman–Crippen MR) is 60.2 cm³/mol. The van der Waals surface area contributed by atoms with E-state index in [9.17, 15) is 9.18 Å². The first-order chi connectivity index (χ1) is 8.06. The van der Waals surface area contributed by atoms with Gasteiger partial charge in [0.25, 0.3) is 5.91 Å². The SMILES string of the molecule is Cc1nc(C(=O)Nc2cc(F)ccc2C)n[nH]1. The van der Waals surface area contributed by atoms with E-state index in [1.807, 2.05) is 0 Å². The van der Waals surface area contributed by atoms with E-state index in [2.05, 4.69) is 20.5 Å². The van der Waals surface area contributed by atoms with Crippen molar-refractivity contribution in [2.45, 2.75) is 13.8 Å². The molecule has 2 aromatic rings. The van der Waals surface area contributed by atoms with Crippen LogP contribution in [-0.4, -0.2) is 21.1 Å². The van der Waals surface area contributed by atoms with E-state index in [1.165, 1.54) is 12.1 Å². The average molecular weight is 234 g/mol. The fourth-order valence-electron chi connectivity index (χ4n) is 1.35. The van der Waals surface area contributed by atoms with E-state index >= 15 is 0 Å². The van der Waals surface area contributed by atoms with Crippen LogP contribution in [0.25, 0.3) is 0 Å². The number of nitrogens with one attached hydrogen (secondary N) is 2. The second kappa shape index (κ2) is 4.32. The molecule has 1 heterocycles. The second-order valence-electron chi connectivity index (χ2n) is 3.66. The highest BCUT2D eigenvalue weighted by atomic mass is 19.1. The van der Waals surface area contributed by atoms with Gasteiger partial charge in [0.05, 0.1) is 0 Å². The first-order valence-corrected chi connectivity index (χ1v) is 5.03. The van der Waals surface area contributed by atoms with Crippen molar-refractivity contribution in [3.05, 3.63) is 41.2 Å². The van der Waals surface area contributed by atoms with Gasteiger partial charge in [-0.1, -0.05) is 6.07 Å². The largest absolute Gasteiger partial charge is 0.319 e. The maximum absolute atomic E-state index is 13.0. The number of amides is 1. The maximum atomic E-state index is 13.0. The Kier molecular flexibility index (Phi) is 2.86. The fourth-order valence-corrected chi connectivity index (χ4v) is 1.35. The van der Waals surface area contributed by atoms with Gasteiger partial charge in [-0.15, -0.1) is 5.10 Å². The van der Waals surface area contributed by atoms with E-state index in [0.717, 1.165) is 5.56 Å². The summed E-state index contributed by atoms with van der Waals surface area (Å²) in [4.78, 5) is 15.6. The molecule has 17 heavy (non-hydrogen) atoms. The van der Waals surface area contributed by atoms with Crippen molar-refractivity contribution in [2.75, 3.05) is 5.32 Å². The number of carbonyl (C=O) groups is 1. The number of carbonyl (C=O) groups excluding carboxylic acids is 1. The van der Waals surface area contributed by atoms with Crippen molar-refractivity contribution >= 4 is 11.6 Å². The molecule has 1 amide bonds. The molecule has 0 radical (unpaired) electrons. The summed E-state index contributed by atoms with van der Waals surface area (Å²) in [7, 11) is 0. The van der Waals surface area contributed by atoms with E-state index in [-0.39, 0.29) is 5.82 Å². The summed E-state index contributed by atoms with van der Waals surface area (Å²) in [5.41, 5.74) is 1.18. The number of aryl methyl sites for hydroxylation is 2. The highest BCUT2D eigenvalue weighted by Crippen LogP contribution is 2.16. The van der Waals surface area contributed by atoms with Gasteiger partial charge < -0.3 is 5.32 Å². The number of rotatable bonds is 2. The maximum Gasteiger partial charge on any atom is 0.295 e. The molecule has 0 fully saturated rings. The molecule has 0 saturated heterocycles. The van der Waals surface area contributed by atoms with Gasteiger partial charge in [0.2, 0.25) is 5.82 Å². The lowest BCUT2D eigenvalue weighted by Gasteiger charge is -2.06. The third-order valence-corrected chi connectivity index (χ3v) is 2.25. The molecule has 6 heteroatoms. The zero-order chi connectivity index (χ0) is 12.4. The number of aromatic nitrogens is 3. The Morgan fingerprint density at radius 1 is 1.41 bits per heavy atom. The number of hydrogen-bond donors (Lipinski definition) is 2. The van der Waals surface area contributed by atoms with Crippen molar-refractivity contribution in [1.82, 2.24) is 15.2 Å². The summed E-state index contributed by atoms with van der Waals surface area (Å²) in [5, 5.41) is 8.84. The molecule has 1 aromatic carbocycles. The van der Waals surface area contributed by atoms with Gasteiger partial charge in [0.1, 0.15) is 11.6 Å². The van der Waals surface area contributed by atoms with Crippen LogP contribution in [0.15, 0.2) is 18.2 Å². The summed E-state index contributed by atoms with van der Waals surface area (Å²) < 4.78 is 13.0. The molecular formula is C11H11FN4O. The molecule has 0 aliphatic carbocycles. The van der Waals surface area contributed by atoms with Crippen molar-refractivity contribution in [3.63, 3.8) is 0 Å². The smallest absolute Gasteiger partial charge is 0.295 e. The Labute approximate surface area is 97.1 Å². The first-order valence-electron chi connectivity index (χ1n) is 5.03. The third kappa shape index (κ3) is 2.47. The third-order valence-electron chi connectivity index (χ3n) is 2.25. The van der Waals surface area contributed by atoms with Crippen molar-refractivity contribution < 1.29 is 9.18 Å². The second-order valence-corrected chi connectivity index (χ2v) is 3.66. The minimum absolute atomic E-state index is 0.0335. The molecule has 88 valence electrons. The molecule has 0 aliphatic rings. The van der Waals surface area contributed by atoms with Crippen LogP contribution < -0.4 is 5.32 Å². The molecule has 0 unspecified atom stereocenters. The standard InChI is InChI=1S/C11H11FN4O/c1-6-3-4-8(12)5-9(6)14-11(17)10-13-7(2)15-16-10/h3-5H,1-2H3,(H,14,17)(H,13,15,16). The minimum Gasteiger partial charge on any atom is -0.319 e. The fraction of sp³-hybridized carbons (Fsp3) is 0.182. The lowest BCUT2D eigenvalue weighted by atomic mass is 10.2. The highest BCUT2D eigenvalue weighted by Gasteiger charge is 2.12. The van der Waals surface area contributed by atoms with E-state index in [4.69, 9.17) is 0 Å². The highest BCUT2D eigenvalue weighted by molar-refractivity contribution is 6.01. The van der Waals surface area contributed by atoms with Gasteiger partial charge >= 0.3 is 0 Å². The molecular weight excluding hydrogens is 223 g/mol. The van der Waals surface area contributed by atoms with Gasteiger partial charge in [-0.25, -0.2) is 9.37 Å². The number of hydrogen-bond acceptors (Lipinski definition) is 3. The number of H-pyrrole nitrogens is 1. The van der Waals surface area contributed by atoms with Crippen LogP contribution in [-0.2, 0) is 0 Å². The molecule has 0 aliphatic heterocycles. The van der Waals surface area contributed by atoms with Gasteiger partial charge in [0.15, 0.2) is 0 Å². The number of nitrogens with zero attached hydrogens (tertiary/aromatic N) is 2. The molecule has 0 bridgehead atoms. The number of benzene rings is 1. The monoisotopic (exact) mass is 234 g/mol. The van der Waals surface area contributed by atoms with Gasteiger partial charge in [-0.3, -0.25) is 9.89 Å². The molecule has 2 rings (SSSR count). The van der Waals surface area contributed by atoms with Gasteiger partial charge in [-0.05, 0) is 31.5 Å². The normalized spacial score (nSPS) is 10.3. The van der Waals surface area contributed by atoms with Crippen molar-refractivity contribution in [1.29, 1.82) is 0 Å². The van der Waals surface area contributed by atoms with Crippen LogP contribution >= 0.6 is 0 Å². The van der Waals surface area contributed by atoms with Crippen LogP contribution in [0.2, 0.25) is 0 Å². The van der Waals surface area contributed by atoms with E-state index in [1.54, 1.807) is 19.9 Å². The first kappa shape index (κ1) is 11.3. The zero-order valence-electron chi connectivity index (χ0n) is 9.41. The summed E-state index contributed by atoms with van der Waals surface area (Å²) in [6.45, 7) is 3.47. The lowest BCUT2D eigenvalue weighted by Crippen LogP contribution is -2.14. The minimum atomic E-state index is -0.469. The molecule has 0 atom stereocenters. The number of anilines is 1. The van der Waals surface area contributed by atoms with Crippen LogP contribution in [0.5, 0.6) is 0 Å². The Morgan fingerprint density at radius 2 is 2.18 bits per heavy atom. The summed E-state index contributed by atoms with van der Waals surface area (Å²) in [5.74, 6) is -0.294. The zero-order valence-corrected chi connectivity index (χ0v) is 9.41. The predicted octanol–water partition coefficient (Wildman–Crippen LogP) is 1.81. The average Bonchev–Trinajstić information content (AvgIpc) is 2.70. The summed E-state index contributed by atoms with van der Waals surface area (Å²) in [6, 6.07) is 4.18. The van der Waals surface area contributed by atoms with Gasteiger partial charge in [-0.2, -0.15) is 0 Å². The Balaban J connectivity index is 2.21. The van der Waals surface area contributed by atoms with E-state index in [0.29, 0.717) is 11.5 Å². The Morgan fingerprint density at radius 3 is 2.82 bits per heavy atom. The van der Waals surface area contributed by atoms with E-state index < -0.39 is 11.7 Å². The lowest BCUT2D eigenvalue weighted by molar-refractivity contribution is 0.101. The number of aromatic amines is 1. The van der Waals surface area contributed by atoms with Crippen LogP contribution in [0.3, 0.4) is 0 Å². The Hall–Kier alpha value is -2.24. The van der Waals surface area contributed by atoms with Crippen LogP contribution in [0.4, 0.5) is 10.1 Å². The quantitative estimate of drug-likeness (QED) is 0.832. The van der Waals surface area contributed by atoms with Crippen LogP contribution in [0.1, 0.15) is 22.0 Å². The molecule has 0 spiro atoms. The van der Waals surface area contributed by atoms with Crippen LogP contribution in [0, 0.1) is 19.7 Å². The molecule has 2 N–H and O–H groups in total. The molecule has 5 nitrogen and oxygen atoms in total. The van der Waals surface area contributed by atoms with Gasteiger partial charge in [0, 0.05) is 5.69 Å².